The molecule has 0 fully saturated rings. The molecule has 6 heteroatoms. The van der Waals surface area contributed by atoms with Gasteiger partial charge in [0, 0.05) is 18.0 Å². The quantitative estimate of drug-likeness (QED) is 0.801. The zero-order valence-corrected chi connectivity index (χ0v) is 11.0. The highest BCUT2D eigenvalue weighted by Crippen LogP contribution is 2.20. The standard InChI is InChI=1S/C14H9ClN2O3/c15-10-5-9-3-8(1-2-12(9)16-6-10)4-11-7-17-13(20-11)14(18)19/h1-3,5-7H,4H2,(H,18,19). The number of halogens is 1. The molecule has 0 saturated carbocycles. The number of oxazole rings is 1. The summed E-state index contributed by atoms with van der Waals surface area (Å²) in [6, 6.07) is 7.56. The van der Waals surface area contributed by atoms with Crippen LogP contribution < -0.4 is 0 Å². The van der Waals surface area contributed by atoms with Gasteiger partial charge < -0.3 is 9.52 Å². The molecule has 1 N–H and O–H groups in total. The van der Waals surface area contributed by atoms with Crippen molar-refractivity contribution < 1.29 is 14.3 Å². The molecule has 0 amide bonds. The van der Waals surface area contributed by atoms with Crippen molar-refractivity contribution >= 4 is 28.5 Å². The van der Waals surface area contributed by atoms with Gasteiger partial charge in [0.15, 0.2) is 0 Å². The molecule has 0 aliphatic rings. The Bertz CT molecular complexity index is 798. The van der Waals surface area contributed by atoms with Crippen LogP contribution in [-0.2, 0) is 6.42 Å². The molecule has 1 aromatic carbocycles. The number of hydrogen-bond donors (Lipinski definition) is 1. The van der Waals surface area contributed by atoms with Gasteiger partial charge in [-0.05, 0) is 23.8 Å². The summed E-state index contributed by atoms with van der Waals surface area (Å²) in [5, 5.41) is 10.3. The maximum atomic E-state index is 10.7. The summed E-state index contributed by atoms with van der Waals surface area (Å²) < 4.78 is 5.13. The number of nitrogens with zero attached hydrogens (tertiary/aromatic N) is 2. The van der Waals surface area contributed by atoms with E-state index in [-0.39, 0.29) is 5.89 Å². The predicted molar refractivity (Wildman–Crippen MR) is 73.0 cm³/mol. The normalized spacial score (nSPS) is 10.8. The van der Waals surface area contributed by atoms with Gasteiger partial charge in [-0.1, -0.05) is 17.7 Å². The highest BCUT2D eigenvalue weighted by molar-refractivity contribution is 6.31. The van der Waals surface area contributed by atoms with Crippen LogP contribution in [0.25, 0.3) is 10.9 Å². The number of pyridine rings is 1. The lowest BCUT2D eigenvalue weighted by atomic mass is 10.1. The Morgan fingerprint density at radius 3 is 2.85 bits per heavy atom. The van der Waals surface area contributed by atoms with Gasteiger partial charge >= 0.3 is 11.9 Å². The molecule has 0 aliphatic heterocycles. The molecule has 0 aliphatic carbocycles. The van der Waals surface area contributed by atoms with Crippen LogP contribution in [0.5, 0.6) is 0 Å². The molecule has 3 aromatic rings. The second-order valence-corrected chi connectivity index (χ2v) is 4.73. The first-order valence-corrected chi connectivity index (χ1v) is 6.22. The van der Waals surface area contributed by atoms with Gasteiger partial charge in [-0.3, -0.25) is 4.98 Å². The summed E-state index contributed by atoms with van der Waals surface area (Å²) in [6.07, 6.45) is 3.48. The average molecular weight is 289 g/mol. The van der Waals surface area contributed by atoms with Crippen LogP contribution in [-0.4, -0.2) is 21.0 Å². The minimum absolute atomic E-state index is 0.300. The van der Waals surface area contributed by atoms with Crippen LogP contribution in [0.3, 0.4) is 0 Å². The number of aromatic carboxylic acids is 1. The van der Waals surface area contributed by atoms with Crippen LogP contribution in [0.2, 0.25) is 5.02 Å². The van der Waals surface area contributed by atoms with E-state index in [4.69, 9.17) is 21.1 Å². The van der Waals surface area contributed by atoms with Crippen molar-refractivity contribution in [2.45, 2.75) is 6.42 Å². The molecule has 100 valence electrons. The lowest BCUT2D eigenvalue weighted by molar-refractivity contribution is 0.0652. The van der Waals surface area contributed by atoms with Gasteiger partial charge in [0.25, 0.3) is 0 Å². The largest absolute Gasteiger partial charge is 0.474 e. The maximum Gasteiger partial charge on any atom is 0.392 e. The monoisotopic (exact) mass is 288 g/mol. The molecule has 0 atom stereocenters. The van der Waals surface area contributed by atoms with Crippen molar-refractivity contribution in [3.63, 3.8) is 0 Å². The van der Waals surface area contributed by atoms with Crippen LogP contribution in [0.15, 0.2) is 41.1 Å². The third-order valence-corrected chi connectivity index (χ3v) is 3.03. The fourth-order valence-corrected chi connectivity index (χ4v) is 2.12. The number of benzene rings is 1. The first-order valence-electron chi connectivity index (χ1n) is 5.84. The Morgan fingerprint density at radius 2 is 2.10 bits per heavy atom. The highest BCUT2D eigenvalue weighted by atomic mass is 35.5. The number of carbonyl (C=O) groups is 1. The fraction of sp³-hybridized carbons (Fsp3) is 0.0714. The maximum absolute atomic E-state index is 10.7. The number of carboxylic acid groups (broad SMARTS) is 1. The fourth-order valence-electron chi connectivity index (χ4n) is 1.95. The van der Waals surface area contributed by atoms with Gasteiger partial charge in [-0.15, -0.1) is 0 Å². The third kappa shape index (κ3) is 2.48. The van der Waals surface area contributed by atoms with Crippen LogP contribution in [0.4, 0.5) is 0 Å². The summed E-state index contributed by atoms with van der Waals surface area (Å²) in [4.78, 5) is 18.6. The Kier molecular flexibility index (Phi) is 3.12. The van der Waals surface area contributed by atoms with E-state index in [2.05, 4.69) is 9.97 Å². The first kappa shape index (κ1) is 12.6. The molecule has 0 saturated heterocycles. The molecule has 0 unspecified atom stereocenters. The Hall–Kier alpha value is -2.40. The second kappa shape index (κ2) is 4.94. The molecular weight excluding hydrogens is 280 g/mol. The summed E-state index contributed by atoms with van der Waals surface area (Å²) in [7, 11) is 0. The number of carboxylic acids is 1. The van der Waals surface area contributed by atoms with Gasteiger partial charge in [-0.2, -0.15) is 0 Å². The molecule has 2 aromatic heterocycles. The molecule has 5 nitrogen and oxygen atoms in total. The number of aromatic nitrogens is 2. The number of hydrogen-bond acceptors (Lipinski definition) is 4. The minimum Gasteiger partial charge on any atom is -0.474 e. The topological polar surface area (TPSA) is 76.2 Å². The van der Waals surface area contributed by atoms with Crippen LogP contribution in [0, 0.1) is 0 Å². The first-order chi connectivity index (χ1) is 9.61. The SMILES string of the molecule is O=C(O)c1ncc(Cc2ccc3ncc(Cl)cc3c2)o1. The van der Waals surface area contributed by atoms with Gasteiger partial charge in [0.2, 0.25) is 0 Å². The lowest BCUT2D eigenvalue weighted by Crippen LogP contribution is -1.94. The Balaban J connectivity index is 1.91. The zero-order valence-electron chi connectivity index (χ0n) is 10.2. The van der Waals surface area contributed by atoms with Crippen molar-refractivity contribution in [2.75, 3.05) is 0 Å². The molecule has 0 radical (unpaired) electrons. The summed E-state index contributed by atoms with van der Waals surface area (Å²) in [5.41, 5.74) is 1.82. The molecule has 0 spiro atoms. The van der Waals surface area contributed by atoms with E-state index >= 15 is 0 Å². The average Bonchev–Trinajstić information content (AvgIpc) is 2.87. The Labute approximate surface area is 118 Å². The van der Waals surface area contributed by atoms with Crippen molar-refractivity contribution in [1.29, 1.82) is 0 Å². The van der Waals surface area contributed by atoms with E-state index in [1.165, 1.54) is 6.20 Å². The number of rotatable bonds is 3. The summed E-state index contributed by atoms with van der Waals surface area (Å²) in [5.74, 6) is -0.979. The zero-order chi connectivity index (χ0) is 14.1. The minimum atomic E-state index is -1.18. The van der Waals surface area contributed by atoms with Crippen LogP contribution in [0.1, 0.15) is 22.0 Å². The predicted octanol–water partition coefficient (Wildman–Crippen LogP) is 3.17. The molecule has 20 heavy (non-hydrogen) atoms. The van der Waals surface area contributed by atoms with Gasteiger partial charge in [0.05, 0.1) is 16.7 Å². The third-order valence-electron chi connectivity index (χ3n) is 2.83. The van der Waals surface area contributed by atoms with E-state index in [0.29, 0.717) is 17.2 Å². The van der Waals surface area contributed by atoms with E-state index < -0.39 is 5.97 Å². The van der Waals surface area contributed by atoms with Crippen molar-refractivity contribution in [3.05, 3.63) is 58.9 Å². The summed E-state index contributed by atoms with van der Waals surface area (Å²) >= 11 is 5.91. The van der Waals surface area contributed by atoms with Crippen molar-refractivity contribution in [1.82, 2.24) is 9.97 Å². The highest BCUT2D eigenvalue weighted by Gasteiger charge is 2.11. The molecule has 3 rings (SSSR count). The number of fused-ring (bicyclic) bond motifs is 1. The smallest absolute Gasteiger partial charge is 0.392 e. The van der Waals surface area contributed by atoms with E-state index in [0.717, 1.165) is 16.5 Å². The van der Waals surface area contributed by atoms with Crippen molar-refractivity contribution in [3.8, 4) is 0 Å². The van der Waals surface area contributed by atoms with E-state index in [1.54, 1.807) is 6.20 Å². The second-order valence-electron chi connectivity index (χ2n) is 4.29. The van der Waals surface area contributed by atoms with Gasteiger partial charge in [0.1, 0.15) is 5.76 Å². The molecular formula is C14H9ClN2O3. The van der Waals surface area contributed by atoms with Gasteiger partial charge in [-0.25, -0.2) is 9.78 Å². The van der Waals surface area contributed by atoms with E-state index in [9.17, 15) is 4.79 Å². The van der Waals surface area contributed by atoms with Crippen LogP contribution >= 0.6 is 11.6 Å². The lowest BCUT2D eigenvalue weighted by Gasteiger charge is -2.02. The van der Waals surface area contributed by atoms with E-state index in [1.807, 2.05) is 24.3 Å². The van der Waals surface area contributed by atoms with Crippen molar-refractivity contribution in [2.24, 2.45) is 0 Å². The molecule has 0 bridgehead atoms. The summed E-state index contributed by atoms with van der Waals surface area (Å²) in [6.45, 7) is 0. The Morgan fingerprint density at radius 1 is 1.25 bits per heavy atom. The molecule has 2 heterocycles.